The van der Waals surface area contributed by atoms with Gasteiger partial charge in [-0.2, -0.15) is 0 Å². The van der Waals surface area contributed by atoms with E-state index in [-0.39, 0.29) is 17.7 Å². The summed E-state index contributed by atoms with van der Waals surface area (Å²) in [5.41, 5.74) is 3.77. The molecule has 6 nitrogen and oxygen atoms in total. The van der Waals surface area contributed by atoms with Crippen LogP contribution >= 0.6 is 0 Å². The maximum absolute atomic E-state index is 13.2. The Kier molecular flexibility index (Phi) is 5.72. The van der Waals surface area contributed by atoms with E-state index in [2.05, 4.69) is 42.4 Å². The minimum Gasteiger partial charge on any atom is -0.328 e. The van der Waals surface area contributed by atoms with Gasteiger partial charge in [0, 0.05) is 17.0 Å². The number of rotatable bonds is 5. The average Bonchev–Trinajstić information content (AvgIpc) is 3.10. The molecule has 2 aromatic carbocycles. The number of para-hydroxylation sites is 1. The van der Waals surface area contributed by atoms with Crippen LogP contribution in [0.25, 0.3) is 5.69 Å². The second kappa shape index (κ2) is 8.46. The molecule has 160 valence electrons. The Bertz CT molecular complexity index is 1120. The van der Waals surface area contributed by atoms with Crippen LogP contribution < -0.4 is 5.32 Å². The van der Waals surface area contributed by atoms with Crippen molar-refractivity contribution < 1.29 is 4.79 Å². The Balaban J connectivity index is 1.84. The van der Waals surface area contributed by atoms with Gasteiger partial charge in [0.1, 0.15) is 5.82 Å². The molecule has 3 atom stereocenters. The van der Waals surface area contributed by atoms with Crippen LogP contribution in [0.4, 0.5) is 0 Å². The molecule has 1 aromatic heterocycles. The Morgan fingerprint density at radius 1 is 0.968 bits per heavy atom. The van der Waals surface area contributed by atoms with Crippen LogP contribution in [-0.2, 0) is 4.79 Å². The van der Waals surface area contributed by atoms with Crippen LogP contribution in [0.5, 0.6) is 0 Å². The molecule has 2 heterocycles. The summed E-state index contributed by atoms with van der Waals surface area (Å²) in [5.74, 6) is 1.87. The zero-order valence-electron chi connectivity index (χ0n) is 18.7. The Morgan fingerprint density at radius 3 is 2.35 bits per heavy atom. The highest BCUT2D eigenvalue weighted by molar-refractivity contribution is 6.15. The molecule has 3 aromatic rings. The third-order valence-electron chi connectivity index (χ3n) is 6.33. The molecule has 0 spiro atoms. The number of nitrogens with zero attached hydrogens (tertiary/aromatic N) is 4. The fraction of sp³-hybridized carbons (Fsp3) is 0.360. The number of carbonyl (C=O) groups excluding carboxylic acids is 1. The fourth-order valence-corrected chi connectivity index (χ4v) is 3.98. The molecular weight excluding hydrogens is 386 g/mol. The number of amides is 1. The van der Waals surface area contributed by atoms with Crippen LogP contribution in [0.2, 0.25) is 0 Å². The van der Waals surface area contributed by atoms with Crippen molar-refractivity contribution in [2.75, 3.05) is 0 Å². The van der Waals surface area contributed by atoms with Gasteiger partial charge >= 0.3 is 0 Å². The van der Waals surface area contributed by atoms with Gasteiger partial charge in [-0.15, -0.1) is 10.2 Å². The first kappa shape index (κ1) is 21.0. The van der Waals surface area contributed by atoms with Crippen molar-refractivity contribution in [3.63, 3.8) is 0 Å². The smallest absolute Gasteiger partial charge is 0.225 e. The summed E-state index contributed by atoms with van der Waals surface area (Å²) in [5, 5.41) is 11.9. The summed E-state index contributed by atoms with van der Waals surface area (Å²) in [6.07, 6.45) is -0.627. The minimum atomic E-state index is -0.627. The van der Waals surface area contributed by atoms with E-state index in [1.54, 1.807) is 0 Å². The van der Waals surface area contributed by atoms with Gasteiger partial charge in [0.05, 0.1) is 11.4 Å². The SMILES string of the molecule is Cc1nnc2n1-c1ccccc1C(c1ccccc1)=NC2NC(=O)C(C)C(C)C(C)C. The van der Waals surface area contributed by atoms with E-state index < -0.39 is 6.17 Å². The molecule has 6 heteroatoms. The topological polar surface area (TPSA) is 72.2 Å². The van der Waals surface area contributed by atoms with Crippen molar-refractivity contribution in [3.8, 4) is 5.69 Å². The molecule has 3 unspecified atom stereocenters. The van der Waals surface area contributed by atoms with Gasteiger partial charge in [0.15, 0.2) is 12.0 Å². The van der Waals surface area contributed by atoms with Crippen LogP contribution in [0.1, 0.15) is 56.6 Å². The summed E-state index contributed by atoms with van der Waals surface area (Å²) in [6.45, 7) is 10.3. The number of fused-ring (bicyclic) bond motifs is 3. The first-order valence-corrected chi connectivity index (χ1v) is 10.8. The van der Waals surface area contributed by atoms with Crippen LogP contribution in [0.3, 0.4) is 0 Å². The summed E-state index contributed by atoms with van der Waals surface area (Å²) < 4.78 is 2.00. The van der Waals surface area contributed by atoms with Crippen LogP contribution in [-0.4, -0.2) is 26.4 Å². The molecular formula is C25H29N5O. The molecule has 0 radical (unpaired) electrons. The van der Waals surface area contributed by atoms with Crippen LogP contribution in [0.15, 0.2) is 59.6 Å². The number of benzene rings is 2. The lowest BCUT2D eigenvalue weighted by molar-refractivity contribution is -0.127. The molecule has 1 aliphatic heterocycles. The summed E-state index contributed by atoms with van der Waals surface area (Å²) >= 11 is 0. The van der Waals surface area contributed by atoms with E-state index in [9.17, 15) is 4.79 Å². The standard InChI is InChI=1S/C25H29N5O/c1-15(2)16(3)17(4)25(31)27-23-24-29-28-18(5)30(24)21-14-10-9-13-20(21)22(26-23)19-11-7-6-8-12-19/h6-17,23H,1-5H3,(H,27,31). The van der Waals surface area contributed by atoms with Crippen molar-refractivity contribution >= 4 is 11.6 Å². The highest BCUT2D eigenvalue weighted by Crippen LogP contribution is 2.30. The number of hydrogen-bond donors (Lipinski definition) is 1. The van der Waals surface area contributed by atoms with Gasteiger partial charge in [-0.1, -0.05) is 76.2 Å². The van der Waals surface area contributed by atoms with E-state index in [1.807, 2.05) is 66.9 Å². The number of aryl methyl sites for hydroxylation is 1. The monoisotopic (exact) mass is 415 g/mol. The molecule has 4 rings (SSSR count). The van der Waals surface area contributed by atoms with Gasteiger partial charge < -0.3 is 5.32 Å². The highest BCUT2D eigenvalue weighted by Gasteiger charge is 2.31. The molecule has 1 amide bonds. The van der Waals surface area contributed by atoms with Crippen molar-refractivity contribution in [1.82, 2.24) is 20.1 Å². The zero-order chi connectivity index (χ0) is 22.1. The Labute approximate surface area is 183 Å². The highest BCUT2D eigenvalue weighted by atomic mass is 16.2. The first-order chi connectivity index (χ1) is 14.9. The molecule has 1 N–H and O–H groups in total. The van der Waals surface area contributed by atoms with E-state index in [0.717, 1.165) is 28.4 Å². The second-order valence-electron chi connectivity index (χ2n) is 8.60. The second-order valence-corrected chi connectivity index (χ2v) is 8.60. The number of nitrogens with one attached hydrogen (secondary N) is 1. The molecule has 0 aliphatic carbocycles. The summed E-state index contributed by atoms with van der Waals surface area (Å²) in [4.78, 5) is 18.2. The molecule has 1 aliphatic rings. The number of aromatic nitrogens is 3. The number of carbonyl (C=O) groups is 1. The lowest BCUT2D eigenvalue weighted by Gasteiger charge is -2.24. The van der Waals surface area contributed by atoms with Crippen LogP contribution in [0, 0.1) is 24.7 Å². The lowest BCUT2D eigenvalue weighted by atomic mass is 9.85. The molecule has 31 heavy (non-hydrogen) atoms. The van der Waals surface area contributed by atoms with E-state index in [4.69, 9.17) is 4.99 Å². The molecule has 0 saturated heterocycles. The maximum Gasteiger partial charge on any atom is 0.225 e. The van der Waals surface area contributed by atoms with Gasteiger partial charge in [-0.25, -0.2) is 0 Å². The van der Waals surface area contributed by atoms with Gasteiger partial charge in [-0.3, -0.25) is 14.4 Å². The van der Waals surface area contributed by atoms with Gasteiger partial charge in [-0.05, 0) is 24.8 Å². The fourth-order valence-electron chi connectivity index (χ4n) is 3.98. The van der Waals surface area contributed by atoms with E-state index >= 15 is 0 Å². The number of aliphatic imine (C=N–C) groups is 1. The van der Waals surface area contributed by atoms with Crippen molar-refractivity contribution in [2.45, 2.75) is 40.8 Å². The van der Waals surface area contributed by atoms with Gasteiger partial charge in [0.25, 0.3) is 0 Å². The lowest BCUT2D eigenvalue weighted by Crippen LogP contribution is -2.37. The summed E-state index contributed by atoms with van der Waals surface area (Å²) in [7, 11) is 0. The van der Waals surface area contributed by atoms with E-state index in [0.29, 0.717) is 11.7 Å². The molecule has 0 bridgehead atoms. The number of hydrogen-bond acceptors (Lipinski definition) is 4. The third kappa shape index (κ3) is 3.90. The first-order valence-electron chi connectivity index (χ1n) is 10.8. The minimum absolute atomic E-state index is 0.0273. The average molecular weight is 416 g/mol. The Hall–Kier alpha value is -3.28. The van der Waals surface area contributed by atoms with Crippen molar-refractivity contribution in [2.24, 2.45) is 22.7 Å². The quantitative estimate of drug-likeness (QED) is 0.668. The largest absolute Gasteiger partial charge is 0.328 e. The van der Waals surface area contributed by atoms with Crippen molar-refractivity contribution in [1.29, 1.82) is 0 Å². The van der Waals surface area contributed by atoms with Gasteiger partial charge in [0.2, 0.25) is 5.91 Å². The maximum atomic E-state index is 13.2. The van der Waals surface area contributed by atoms with E-state index in [1.165, 1.54) is 0 Å². The Morgan fingerprint density at radius 2 is 1.65 bits per heavy atom. The molecule has 0 saturated carbocycles. The predicted molar refractivity (Wildman–Crippen MR) is 122 cm³/mol. The normalized spacial score (nSPS) is 17.2. The van der Waals surface area contributed by atoms with Crippen molar-refractivity contribution in [3.05, 3.63) is 77.4 Å². The summed E-state index contributed by atoms with van der Waals surface area (Å²) in [6, 6.07) is 18.2. The molecule has 0 fully saturated rings. The zero-order valence-corrected chi connectivity index (χ0v) is 18.7. The third-order valence-corrected chi connectivity index (χ3v) is 6.33. The predicted octanol–water partition coefficient (Wildman–Crippen LogP) is 4.47.